The van der Waals surface area contributed by atoms with E-state index < -0.39 is 18.4 Å². The van der Waals surface area contributed by atoms with Gasteiger partial charge in [-0.15, -0.1) is 0 Å². The Hall–Kier alpha value is -3.22. The molecule has 0 bridgehead atoms. The Bertz CT molecular complexity index is 772. The van der Waals surface area contributed by atoms with Crippen molar-refractivity contribution in [3.63, 3.8) is 0 Å². The van der Waals surface area contributed by atoms with Gasteiger partial charge < -0.3 is 24.6 Å². The molecule has 0 atom stereocenters. The van der Waals surface area contributed by atoms with E-state index in [1.807, 2.05) is 18.2 Å². The van der Waals surface area contributed by atoms with Gasteiger partial charge in [0.15, 0.2) is 11.5 Å². The quantitative estimate of drug-likeness (QED) is 0.797. The van der Waals surface area contributed by atoms with Crippen molar-refractivity contribution in [1.29, 1.82) is 0 Å². The zero-order valence-electron chi connectivity index (χ0n) is 13.4. The van der Waals surface area contributed by atoms with Crippen LogP contribution >= 0.6 is 0 Å². The molecular weight excluding hydrogens is 326 g/mol. The standard InChI is InChI=1S/C18H17NO6/c20-17(21)10-19-18(22)13-2-4-14(5-3-13)23-8-7-12-1-6-15-16(9-12)25-11-24-15/h1-6,9H,7-8,10-11H2,(H,19,22)(H,20,21). The number of carbonyl (C=O) groups is 2. The van der Waals surface area contributed by atoms with E-state index in [4.69, 9.17) is 19.3 Å². The van der Waals surface area contributed by atoms with E-state index in [1.54, 1.807) is 24.3 Å². The molecule has 0 radical (unpaired) electrons. The second-order valence-electron chi connectivity index (χ2n) is 5.39. The molecule has 0 unspecified atom stereocenters. The Morgan fingerprint density at radius 2 is 1.84 bits per heavy atom. The number of carbonyl (C=O) groups excluding carboxylic acids is 1. The van der Waals surface area contributed by atoms with E-state index in [2.05, 4.69) is 5.32 Å². The number of rotatable bonds is 7. The van der Waals surface area contributed by atoms with Gasteiger partial charge in [0.2, 0.25) is 6.79 Å². The van der Waals surface area contributed by atoms with Gasteiger partial charge in [0.1, 0.15) is 12.3 Å². The number of fused-ring (bicyclic) bond motifs is 1. The Morgan fingerprint density at radius 3 is 2.60 bits per heavy atom. The van der Waals surface area contributed by atoms with Crippen LogP contribution < -0.4 is 19.5 Å². The number of benzene rings is 2. The lowest BCUT2D eigenvalue weighted by Gasteiger charge is -2.08. The minimum atomic E-state index is -1.09. The van der Waals surface area contributed by atoms with Gasteiger partial charge in [0, 0.05) is 12.0 Å². The van der Waals surface area contributed by atoms with Crippen LogP contribution in [0.2, 0.25) is 0 Å². The molecule has 2 aromatic rings. The summed E-state index contributed by atoms with van der Waals surface area (Å²) in [7, 11) is 0. The molecule has 1 heterocycles. The minimum absolute atomic E-state index is 0.252. The maximum Gasteiger partial charge on any atom is 0.322 e. The first kappa shape index (κ1) is 16.6. The number of nitrogens with one attached hydrogen (secondary N) is 1. The first-order valence-corrected chi connectivity index (χ1v) is 7.73. The Morgan fingerprint density at radius 1 is 1.08 bits per heavy atom. The fourth-order valence-corrected chi connectivity index (χ4v) is 2.34. The van der Waals surface area contributed by atoms with E-state index in [0.717, 1.165) is 17.1 Å². The third-order valence-electron chi connectivity index (χ3n) is 3.61. The molecule has 2 aromatic carbocycles. The highest BCUT2D eigenvalue weighted by molar-refractivity contribution is 5.95. The number of carboxylic acid groups (broad SMARTS) is 1. The number of hydrogen-bond acceptors (Lipinski definition) is 5. The lowest BCUT2D eigenvalue weighted by molar-refractivity contribution is -0.135. The molecule has 1 aliphatic heterocycles. The van der Waals surface area contributed by atoms with Crippen LogP contribution in [0.1, 0.15) is 15.9 Å². The molecule has 0 spiro atoms. The average molecular weight is 343 g/mol. The fraction of sp³-hybridized carbons (Fsp3) is 0.222. The molecular formula is C18H17NO6. The molecule has 0 aliphatic carbocycles. The molecule has 3 rings (SSSR count). The molecule has 25 heavy (non-hydrogen) atoms. The summed E-state index contributed by atoms with van der Waals surface area (Å²) in [5, 5.41) is 10.8. The highest BCUT2D eigenvalue weighted by Crippen LogP contribution is 2.32. The minimum Gasteiger partial charge on any atom is -0.493 e. The summed E-state index contributed by atoms with van der Waals surface area (Å²) in [5.74, 6) is 0.609. The largest absolute Gasteiger partial charge is 0.493 e. The molecule has 0 aromatic heterocycles. The van der Waals surface area contributed by atoms with Crippen molar-refractivity contribution in [3.05, 3.63) is 53.6 Å². The predicted octanol–water partition coefficient (Wildman–Crippen LogP) is 1.85. The normalized spacial score (nSPS) is 11.8. The average Bonchev–Trinajstić information content (AvgIpc) is 3.08. The third kappa shape index (κ3) is 4.41. The zero-order valence-corrected chi connectivity index (χ0v) is 13.4. The summed E-state index contributed by atoms with van der Waals surface area (Å²) in [5.41, 5.74) is 1.46. The summed E-state index contributed by atoms with van der Waals surface area (Å²) in [6, 6.07) is 12.3. The molecule has 2 N–H and O–H groups in total. The fourth-order valence-electron chi connectivity index (χ4n) is 2.34. The smallest absolute Gasteiger partial charge is 0.322 e. The zero-order chi connectivity index (χ0) is 17.6. The van der Waals surface area contributed by atoms with Gasteiger partial charge in [-0.25, -0.2) is 0 Å². The second-order valence-corrected chi connectivity index (χ2v) is 5.39. The number of amides is 1. The van der Waals surface area contributed by atoms with Gasteiger partial charge in [0.25, 0.3) is 5.91 Å². The van der Waals surface area contributed by atoms with Crippen LogP contribution in [0.5, 0.6) is 17.2 Å². The lowest BCUT2D eigenvalue weighted by Crippen LogP contribution is -2.29. The Kier molecular flexibility index (Phi) is 5.03. The van der Waals surface area contributed by atoms with E-state index in [0.29, 0.717) is 24.3 Å². The molecule has 1 aliphatic rings. The number of ether oxygens (including phenoxy) is 3. The lowest BCUT2D eigenvalue weighted by atomic mass is 10.1. The monoisotopic (exact) mass is 343 g/mol. The van der Waals surface area contributed by atoms with Crippen LogP contribution in [0.25, 0.3) is 0 Å². The van der Waals surface area contributed by atoms with Crippen molar-refractivity contribution >= 4 is 11.9 Å². The van der Waals surface area contributed by atoms with E-state index in [1.165, 1.54) is 0 Å². The number of carboxylic acids is 1. The summed E-state index contributed by atoms with van der Waals surface area (Å²) in [4.78, 5) is 22.2. The van der Waals surface area contributed by atoms with Gasteiger partial charge in [0.05, 0.1) is 6.61 Å². The topological polar surface area (TPSA) is 94.1 Å². The Balaban J connectivity index is 1.48. The van der Waals surface area contributed by atoms with Crippen molar-refractivity contribution in [2.24, 2.45) is 0 Å². The van der Waals surface area contributed by atoms with Crippen molar-refractivity contribution in [3.8, 4) is 17.2 Å². The molecule has 7 nitrogen and oxygen atoms in total. The second kappa shape index (κ2) is 7.57. The maximum absolute atomic E-state index is 11.7. The Labute approximate surface area is 144 Å². The van der Waals surface area contributed by atoms with Crippen molar-refractivity contribution in [2.45, 2.75) is 6.42 Å². The van der Waals surface area contributed by atoms with Crippen molar-refractivity contribution in [2.75, 3.05) is 19.9 Å². The molecule has 130 valence electrons. The van der Waals surface area contributed by atoms with Gasteiger partial charge in [-0.1, -0.05) is 6.07 Å². The van der Waals surface area contributed by atoms with Crippen molar-refractivity contribution < 1.29 is 28.9 Å². The first-order valence-electron chi connectivity index (χ1n) is 7.73. The van der Waals surface area contributed by atoms with Gasteiger partial charge >= 0.3 is 5.97 Å². The van der Waals surface area contributed by atoms with Gasteiger partial charge in [-0.05, 0) is 42.0 Å². The highest BCUT2D eigenvalue weighted by Gasteiger charge is 2.13. The van der Waals surface area contributed by atoms with Crippen LogP contribution in [0, 0.1) is 0 Å². The molecule has 1 amide bonds. The number of aliphatic carboxylic acids is 1. The SMILES string of the molecule is O=C(O)CNC(=O)c1ccc(OCCc2ccc3c(c2)OCO3)cc1. The first-order chi connectivity index (χ1) is 12.1. The van der Waals surface area contributed by atoms with E-state index >= 15 is 0 Å². The summed E-state index contributed by atoms with van der Waals surface area (Å²) >= 11 is 0. The molecule has 0 saturated heterocycles. The predicted molar refractivity (Wildman–Crippen MR) is 88.2 cm³/mol. The van der Waals surface area contributed by atoms with E-state index in [9.17, 15) is 9.59 Å². The molecule has 7 heteroatoms. The summed E-state index contributed by atoms with van der Waals surface area (Å²) < 4.78 is 16.3. The van der Waals surface area contributed by atoms with E-state index in [-0.39, 0.29) is 6.79 Å². The summed E-state index contributed by atoms with van der Waals surface area (Å²) in [6.07, 6.45) is 0.706. The van der Waals surface area contributed by atoms with Crippen LogP contribution in [0.3, 0.4) is 0 Å². The van der Waals surface area contributed by atoms with Crippen LogP contribution in [0.15, 0.2) is 42.5 Å². The van der Waals surface area contributed by atoms with Gasteiger partial charge in [-0.3, -0.25) is 9.59 Å². The third-order valence-corrected chi connectivity index (χ3v) is 3.61. The molecule has 0 fully saturated rings. The van der Waals surface area contributed by atoms with Crippen LogP contribution in [-0.2, 0) is 11.2 Å². The van der Waals surface area contributed by atoms with Crippen LogP contribution in [-0.4, -0.2) is 36.9 Å². The van der Waals surface area contributed by atoms with Crippen molar-refractivity contribution in [1.82, 2.24) is 5.32 Å². The van der Waals surface area contributed by atoms with Gasteiger partial charge in [-0.2, -0.15) is 0 Å². The highest BCUT2D eigenvalue weighted by atomic mass is 16.7. The molecule has 0 saturated carbocycles. The van der Waals surface area contributed by atoms with Crippen LogP contribution in [0.4, 0.5) is 0 Å². The number of hydrogen-bond donors (Lipinski definition) is 2. The summed E-state index contributed by atoms with van der Waals surface area (Å²) in [6.45, 7) is 0.318. The maximum atomic E-state index is 11.7.